The van der Waals surface area contributed by atoms with Crippen LogP contribution in [0.15, 0.2) is 24.3 Å². The number of phenols is 1. The van der Waals surface area contributed by atoms with Gasteiger partial charge < -0.3 is 28.8 Å². The molecule has 2 heterocycles. The third kappa shape index (κ3) is 5.37. The lowest BCUT2D eigenvalue weighted by Gasteiger charge is -2.28. The van der Waals surface area contributed by atoms with Gasteiger partial charge in [-0.25, -0.2) is 0 Å². The van der Waals surface area contributed by atoms with Gasteiger partial charge in [0.25, 0.3) is 0 Å². The Hall–Kier alpha value is -4.48. The zero-order valence-electron chi connectivity index (χ0n) is 21.5. The Bertz CT molecular complexity index is 1310. The van der Waals surface area contributed by atoms with Gasteiger partial charge in [-0.3, -0.25) is 20.2 Å². The van der Waals surface area contributed by atoms with E-state index >= 15 is 0 Å². The van der Waals surface area contributed by atoms with Crippen molar-refractivity contribution < 1.29 is 38.6 Å². The molecule has 1 N–H and O–H groups in total. The molecule has 0 unspecified atom stereocenters. The van der Waals surface area contributed by atoms with E-state index in [9.17, 15) is 25.3 Å². The molecule has 0 saturated heterocycles. The molecule has 2 aliphatic heterocycles. The van der Waals surface area contributed by atoms with E-state index in [0.717, 1.165) is 0 Å². The Labute approximate surface area is 213 Å². The van der Waals surface area contributed by atoms with Gasteiger partial charge in [0.1, 0.15) is 22.7 Å². The van der Waals surface area contributed by atoms with Gasteiger partial charge in [-0.15, -0.1) is 0 Å². The molecule has 198 valence electrons. The number of aromatic hydroxyl groups is 1. The zero-order chi connectivity index (χ0) is 27.7. The molecule has 0 spiro atoms. The van der Waals surface area contributed by atoms with Crippen LogP contribution in [0.1, 0.15) is 38.8 Å². The second kappa shape index (κ2) is 9.88. The zero-order valence-corrected chi connectivity index (χ0v) is 21.5. The fourth-order valence-electron chi connectivity index (χ4n) is 3.81. The first-order valence-electron chi connectivity index (χ1n) is 11.0. The van der Waals surface area contributed by atoms with Crippen molar-refractivity contribution in [3.05, 3.63) is 55.6 Å². The number of methoxy groups -OCH3 is 3. The molecule has 0 aromatic heterocycles. The van der Waals surface area contributed by atoms with Crippen LogP contribution >= 0.6 is 0 Å². The number of rotatable bonds is 5. The Morgan fingerprint density at radius 1 is 0.730 bits per heavy atom. The number of hydrogen-bond donors (Lipinski definition) is 1. The van der Waals surface area contributed by atoms with Gasteiger partial charge in [-0.05, 0) is 52.0 Å². The number of fused-ring (bicyclic) bond motifs is 2. The van der Waals surface area contributed by atoms with E-state index in [1.54, 1.807) is 12.2 Å². The number of nitro groups is 2. The van der Waals surface area contributed by atoms with Gasteiger partial charge in [0.05, 0.1) is 54.4 Å². The second-order valence-corrected chi connectivity index (χ2v) is 9.16. The number of ether oxygens (including phenoxy) is 5. The molecule has 0 saturated carbocycles. The van der Waals surface area contributed by atoms with Crippen LogP contribution in [-0.2, 0) is 0 Å². The largest absolute Gasteiger partial charge is 0.504 e. The number of phenolic OH excluding ortho intramolecular Hbond substituents is 1. The van der Waals surface area contributed by atoms with E-state index in [4.69, 9.17) is 23.7 Å². The summed E-state index contributed by atoms with van der Waals surface area (Å²) in [5, 5.41) is 32.0. The first-order chi connectivity index (χ1) is 17.2. The SMILES string of the molecule is COc1c([N+](=O)[O-])cc2c(c1O)C=CC(C)(C)O2.COc1c([N+](=O)[O-])cc2c(c1OC)C=CC(C)(C)O2. The van der Waals surface area contributed by atoms with Gasteiger partial charge in [0, 0.05) is 0 Å². The highest BCUT2D eigenvalue weighted by molar-refractivity contribution is 5.76. The predicted molar refractivity (Wildman–Crippen MR) is 135 cm³/mol. The molecule has 2 aromatic rings. The minimum atomic E-state index is -0.618. The summed E-state index contributed by atoms with van der Waals surface area (Å²) in [5.41, 5.74) is -0.548. The molecule has 0 amide bonds. The molecule has 12 heteroatoms. The van der Waals surface area contributed by atoms with Gasteiger partial charge >= 0.3 is 11.4 Å². The van der Waals surface area contributed by atoms with Crippen LogP contribution in [0.3, 0.4) is 0 Å². The van der Waals surface area contributed by atoms with E-state index in [1.165, 1.54) is 33.5 Å². The number of benzene rings is 2. The first kappa shape index (κ1) is 27.1. The Morgan fingerprint density at radius 3 is 1.57 bits per heavy atom. The van der Waals surface area contributed by atoms with Crippen molar-refractivity contribution in [2.45, 2.75) is 38.9 Å². The predicted octanol–water partition coefficient (Wildman–Crippen LogP) is 5.29. The van der Waals surface area contributed by atoms with Crippen LogP contribution in [0.25, 0.3) is 12.2 Å². The van der Waals surface area contributed by atoms with Crippen LogP contribution in [0.2, 0.25) is 0 Å². The maximum Gasteiger partial charge on any atom is 0.318 e. The Morgan fingerprint density at radius 2 is 1.14 bits per heavy atom. The van der Waals surface area contributed by atoms with Gasteiger partial charge in [0.15, 0.2) is 11.5 Å². The summed E-state index contributed by atoms with van der Waals surface area (Å²) in [4.78, 5) is 20.9. The molecule has 37 heavy (non-hydrogen) atoms. The molecular formula is C25H28N2O10. The molecule has 0 radical (unpaired) electrons. The summed E-state index contributed by atoms with van der Waals surface area (Å²) < 4.78 is 26.5. The van der Waals surface area contributed by atoms with E-state index in [2.05, 4.69) is 0 Å². The van der Waals surface area contributed by atoms with Crippen LogP contribution in [0, 0.1) is 20.2 Å². The highest BCUT2D eigenvalue weighted by atomic mass is 16.6. The minimum Gasteiger partial charge on any atom is -0.504 e. The van der Waals surface area contributed by atoms with E-state index < -0.39 is 21.0 Å². The van der Waals surface area contributed by atoms with E-state index in [-0.39, 0.29) is 34.4 Å². The molecule has 0 atom stereocenters. The summed E-state index contributed by atoms with van der Waals surface area (Å²) >= 11 is 0. The average molecular weight is 517 g/mol. The molecule has 2 aromatic carbocycles. The topological polar surface area (TPSA) is 153 Å². The van der Waals surface area contributed by atoms with Gasteiger partial charge in [-0.2, -0.15) is 0 Å². The molecule has 0 aliphatic carbocycles. The van der Waals surface area contributed by atoms with Crippen molar-refractivity contribution >= 4 is 23.5 Å². The van der Waals surface area contributed by atoms with Crippen molar-refractivity contribution in [1.29, 1.82) is 0 Å². The average Bonchev–Trinajstić information content (AvgIpc) is 2.81. The fraction of sp³-hybridized carbons (Fsp3) is 0.360. The minimum absolute atomic E-state index is 0.0965. The van der Waals surface area contributed by atoms with Crippen molar-refractivity contribution in [2.24, 2.45) is 0 Å². The number of hydrogen-bond acceptors (Lipinski definition) is 10. The highest BCUT2D eigenvalue weighted by Crippen LogP contribution is 2.48. The summed E-state index contributed by atoms with van der Waals surface area (Å²) in [6.45, 7) is 7.38. The smallest absolute Gasteiger partial charge is 0.318 e. The van der Waals surface area contributed by atoms with Crippen LogP contribution in [0.5, 0.6) is 34.5 Å². The molecule has 4 rings (SSSR count). The Kier molecular flexibility index (Phi) is 7.24. The van der Waals surface area contributed by atoms with Gasteiger partial charge in [-0.1, -0.05) is 0 Å². The Balaban J connectivity index is 0.000000206. The molecule has 12 nitrogen and oxygen atoms in total. The maximum atomic E-state index is 11.1. The third-order valence-corrected chi connectivity index (χ3v) is 5.51. The van der Waals surface area contributed by atoms with Crippen molar-refractivity contribution in [1.82, 2.24) is 0 Å². The lowest BCUT2D eigenvalue weighted by atomic mass is 10.0. The second-order valence-electron chi connectivity index (χ2n) is 9.16. The summed E-state index contributed by atoms with van der Waals surface area (Å²) in [7, 11) is 4.08. The third-order valence-electron chi connectivity index (χ3n) is 5.51. The molecule has 0 bridgehead atoms. The van der Waals surface area contributed by atoms with Gasteiger partial charge in [0.2, 0.25) is 11.5 Å². The van der Waals surface area contributed by atoms with Crippen molar-refractivity contribution in [2.75, 3.05) is 21.3 Å². The fourth-order valence-corrected chi connectivity index (χ4v) is 3.81. The molecule has 2 aliphatic rings. The summed E-state index contributed by atoms with van der Waals surface area (Å²) in [6.07, 6.45) is 7.12. The standard InChI is InChI=1S/C13H15NO5.C12H13NO5/c1-13(2)6-5-8-10(19-13)7-9(14(15)16)12(18-4)11(8)17-3;1-12(2)5-4-7-9(18-12)6-8(13(15)16)11(17-3)10(7)14/h5-7H,1-4H3;4-6,14H,1-3H3. The van der Waals surface area contributed by atoms with E-state index in [1.807, 2.05) is 39.8 Å². The van der Waals surface area contributed by atoms with Crippen LogP contribution in [0.4, 0.5) is 11.4 Å². The monoisotopic (exact) mass is 516 g/mol. The number of nitro benzene ring substituents is 2. The van der Waals surface area contributed by atoms with E-state index in [0.29, 0.717) is 22.6 Å². The van der Waals surface area contributed by atoms with Crippen LogP contribution < -0.4 is 23.7 Å². The maximum absolute atomic E-state index is 11.1. The lowest BCUT2D eigenvalue weighted by Crippen LogP contribution is -2.27. The quantitative estimate of drug-likeness (QED) is 0.410. The summed E-state index contributed by atoms with van der Waals surface area (Å²) in [5.74, 6) is 0.641. The summed E-state index contributed by atoms with van der Waals surface area (Å²) in [6, 6.07) is 2.63. The molecular weight excluding hydrogens is 488 g/mol. The lowest BCUT2D eigenvalue weighted by molar-refractivity contribution is -0.386. The number of nitrogens with zero attached hydrogens (tertiary/aromatic N) is 2. The molecule has 0 fully saturated rings. The van der Waals surface area contributed by atoms with Crippen molar-refractivity contribution in [3.63, 3.8) is 0 Å². The normalized spacial score (nSPS) is 15.5. The first-order valence-corrected chi connectivity index (χ1v) is 11.0. The highest BCUT2D eigenvalue weighted by Gasteiger charge is 2.32. The van der Waals surface area contributed by atoms with Crippen molar-refractivity contribution in [3.8, 4) is 34.5 Å². The van der Waals surface area contributed by atoms with Crippen LogP contribution in [-0.4, -0.2) is 47.5 Å².